The molecule has 4 heterocycles. The number of fused-ring (bicyclic) bond motifs is 2. The summed E-state index contributed by atoms with van der Waals surface area (Å²) in [6.45, 7) is 6.40. The number of furan rings is 1. The van der Waals surface area contributed by atoms with E-state index in [1.165, 1.54) is 31.4 Å². The standard InChI is InChI=1S/C29H34N4O3/c1-2-15-32-16-7-14-29(19-32)18-22-9-3-5-10-23(22)33(20-29)27(34)13-12-26-30-28(31-36-26)25-17-21-8-4-6-11-24(21)35-25/h3-6,8-11,17,28,31H,2,7,12-16,18-20H2,1H3. The van der Waals surface area contributed by atoms with Crippen molar-refractivity contribution in [1.82, 2.24) is 10.4 Å². The smallest absolute Gasteiger partial charge is 0.227 e. The van der Waals surface area contributed by atoms with Gasteiger partial charge in [0, 0.05) is 42.4 Å². The fraction of sp³-hybridized carbons (Fsp3) is 0.448. The minimum atomic E-state index is -0.395. The van der Waals surface area contributed by atoms with Crippen LogP contribution in [0, 0.1) is 5.41 Å². The Balaban J connectivity index is 1.15. The molecular weight excluding hydrogens is 452 g/mol. The van der Waals surface area contributed by atoms with E-state index in [0.717, 1.165) is 42.7 Å². The fourth-order valence-corrected chi connectivity index (χ4v) is 6.16. The van der Waals surface area contributed by atoms with Gasteiger partial charge >= 0.3 is 0 Å². The molecule has 7 nitrogen and oxygen atoms in total. The first kappa shape index (κ1) is 23.3. The van der Waals surface area contributed by atoms with Gasteiger partial charge in [-0.05, 0) is 62.5 Å². The molecule has 3 aliphatic rings. The summed E-state index contributed by atoms with van der Waals surface area (Å²) >= 11 is 0. The van der Waals surface area contributed by atoms with Gasteiger partial charge in [-0.15, -0.1) is 5.48 Å². The van der Waals surface area contributed by atoms with Gasteiger partial charge in [-0.2, -0.15) is 0 Å². The van der Waals surface area contributed by atoms with Gasteiger partial charge < -0.3 is 19.1 Å². The number of amides is 1. The Hall–Kier alpha value is -3.16. The van der Waals surface area contributed by atoms with Gasteiger partial charge in [0.15, 0.2) is 6.17 Å². The van der Waals surface area contributed by atoms with E-state index in [4.69, 9.17) is 9.25 Å². The van der Waals surface area contributed by atoms with Crippen LogP contribution < -0.4 is 10.4 Å². The molecular formula is C29H34N4O3. The average Bonchev–Trinajstić information content (AvgIpc) is 3.54. The number of para-hydroxylation sites is 2. The highest BCUT2D eigenvalue weighted by Gasteiger charge is 2.42. The molecule has 3 aliphatic heterocycles. The highest BCUT2D eigenvalue weighted by Crippen LogP contribution is 2.42. The number of benzene rings is 2. The third kappa shape index (κ3) is 4.53. The first-order chi connectivity index (χ1) is 17.6. The summed E-state index contributed by atoms with van der Waals surface area (Å²) in [5, 5.41) is 1.03. The highest BCUT2D eigenvalue weighted by atomic mass is 16.7. The predicted molar refractivity (Wildman–Crippen MR) is 141 cm³/mol. The number of hydrogen-bond donors (Lipinski definition) is 1. The quantitative estimate of drug-likeness (QED) is 0.517. The van der Waals surface area contributed by atoms with E-state index in [1.807, 2.05) is 41.3 Å². The number of carbonyl (C=O) groups is 1. The van der Waals surface area contributed by atoms with E-state index < -0.39 is 6.17 Å². The summed E-state index contributed by atoms with van der Waals surface area (Å²) in [6.07, 6.45) is 5.00. The number of piperidine rings is 1. The Kier molecular flexibility index (Phi) is 6.27. The van der Waals surface area contributed by atoms with Crippen molar-refractivity contribution in [2.24, 2.45) is 10.4 Å². The lowest BCUT2D eigenvalue weighted by atomic mass is 9.72. The van der Waals surface area contributed by atoms with E-state index in [-0.39, 0.29) is 11.3 Å². The lowest BCUT2D eigenvalue weighted by molar-refractivity contribution is -0.119. The topological polar surface area (TPSA) is 70.3 Å². The van der Waals surface area contributed by atoms with Gasteiger partial charge in [0.1, 0.15) is 11.3 Å². The largest absolute Gasteiger partial charge is 0.457 e. The fourth-order valence-electron chi connectivity index (χ4n) is 6.16. The lowest BCUT2D eigenvalue weighted by Crippen LogP contribution is -2.54. The zero-order valence-corrected chi connectivity index (χ0v) is 20.9. The van der Waals surface area contributed by atoms with Crippen molar-refractivity contribution >= 4 is 28.5 Å². The highest BCUT2D eigenvalue weighted by molar-refractivity contribution is 5.96. The zero-order valence-electron chi connectivity index (χ0n) is 20.9. The Morgan fingerprint density at radius 2 is 2.03 bits per heavy atom. The predicted octanol–water partition coefficient (Wildman–Crippen LogP) is 5.23. The first-order valence-corrected chi connectivity index (χ1v) is 13.2. The van der Waals surface area contributed by atoms with Gasteiger partial charge in [-0.1, -0.05) is 43.3 Å². The molecule has 1 aromatic heterocycles. The molecule has 3 aromatic rings. The van der Waals surface area contributed by atoms with Crippen LogP contribution in [0.15, 0.2) is 64.0 Å². The molecule has 2 aromatic carbocycles. The summed E-state index contributed by atoms with van der Waals surface area (Å²) in [5.74, 6) is 1.38. The van der Waals surface area contributed by atoms with Gasteiger partial charge in [0.25, 0.3) is 0 Å². The molecule has 1 fully saturated rings. The molecule has 1 saturated heterocycles. The Bertz CT molecular complexity index is 1250. The van der Waals surface area contributed by atoms with Crippen LogP contribution in [0.3, 0.4) is 0 Å². The van der Waals surface area contributed by atoms with Crippen molar-refractivity contribution in [3.63, 3.8) is 0 Å². The Morgan fingerprint density at radius 3 is 2.92 bits per heavy atom. The number of aliphatic imine (C=N–C) groups is 1. The molecule has 0 bridgehead atoms. The molecule has 1 amide bonds. The van der Waals surface area contributed by atoms with Crippen LogP contribution in [0.5, 0.6) is 0 Å². The summed E-state index contributed by atoms with van der Waals surface area (Å²) in [6, 6.07) is 18.3. The number of hydrogen-bond acceptors (Lipinski definition) is 6. The molecule has 2 atom stereocenters. The van der Waals surface area contributed by atoms with Crippen molar-refractivity contribution < 1.29 is 14.0 Å². The lowest BCUT2D eigenvalue weighted by Gasteiger charge is -2.49. The maximum Gasteiger partial charge on any atom is 0.227 e. The molecule has 7 heteroatoms. The van der Waals surface area contributed by atoms with E-state index >= 15 is 0 Å². The molecule has 0 radical (unpaired) electrons. The normalized spacial score (nSPS) is 24.1. The van der Waals surface area contributed by atoms with Gasteiger partial charge in [-0.3, -0.25) is 4.79 Å². The molecule has 0 saturated carbocycles. The number of nitrogens with one attached hydrogen (secondary N) is 1. The molecule has 36 heavy (non-hydrogen) atoms. The van der Waals surface area contributed by atoms with Crippen LogP contribution in [0.25, 0.3) is 11.0 Å². The van der Waals surface area contributed by atoms with E-state index in [1.54, 1.807) is 0 Å². The third-order valence-corrected chi connectivity index (χ3v) is 7.75. The summed E-state index contributed by atoms with van der Waals surface area (Å²) in [4.78, 5) is 28.5. The summed E-state index contributed by atoms with van der Waals surface area (Å²) in [7, 11) is 0. The number of carbonyl (C=O) groups excluding carboxylic acids is 1. The third-order valence-electron chi connectivity index (χ3n) is 7.75. The van der Waals surface area contributed by atoms with Crippen molar-refractivity contribution in [2.45, 2.75) is 51.6 Å². The molecule has 188 valence electrons. The van der Waals surface area contributed by atoms with E-state index in [0.29, 0.717) is 24.5 Å². The van der Waals surface area contributed by atoms with Gasteiger partial charge in [0.2, 0.25) is 11.8 Å². The van der Waals surface area contributed by atoms with Gasteiger partial charge in [0.05, 0.1) is 0 Å². The van der Waals surface area contributed by atoms with Crippen LogP contribution in [-0.2, 0) is 16.1 Å². The summed E-state index contributed by atoms with van der Waals surface area (Å²) in [5.41, 5.74) is 6.25. The van der Waals surface area contributed by atoms with Crippen molar-refractivity contribution in [3.8, 4) is 0 Å². The van der Waals surface area contributed by atoms with Crippen molar-refractivity contribution in [3.05, 3.63) is 65.9 Å². The first-order valence-electron chi connectivity index (χ1n) is 13.2. The molecule has 1 spiro atoms. The number of nitrogens with zero attached hydrogens (tertiary/aromatic N) is 3. The molecule has 6 rings (SSSR count). The number of anilines is 1. The Labute approximate surface area is 212 Å². The van der Waals surface area contributed by atoms with Crippen LogP contribution in [-0.4, -0.2) is 42.9 Å². The maximum absolute atomic E-state index is 13.6. The Morgan fingerprint density at radius 1 is 1.17 bits per heavy atom. The SMILES string of the molecule is CCCN1CCCC2(Cc3ccccc3N(C(=O)CCC3=NC(c4cc5ccccc5o4)NO3)C2)C1. The van der Waals surface area contributed by atoms with Crippen LogP contribution >= 0.6 is 0 Å². The molecule has 2 unspecified atom stereocenters. The second-order valence-corrected chi connectivity index (χ2v) is 10.5. The molecule has 0 aliphatic carbocycles. The van der Waals surface area contributed by atoms with Crippen molar-refractivity contribution in [1.29, 1.82) is 0 Å². The van der Waals surface area contributed by atoms with E-state index in [2.05, 4.69) is 40.5 Å². The number of rotatable bonds is 6. The van der Waals surface area contributed by atoms with Crippen LogP contribution in [0.2, 0.25) is 0 Å². The monoisotopic (exact) mass is 486 g/mol. The second kappa shape index (κ2) is 9.71. The van der Waals surface area contributed by atoms with Crippen LogP contribution in [0.4, 0.5) is 5.69 Å². The number of hydroxylamine groups is 1. The average molecular weight is 487 g/mol. The van der Waals surface area contributed by atoms with Gasteiger partial charge in [-0.25, -0.2) is 4.99 Å². The maximum atomic E-state index is 13.6. The summed E-state index contributed by atoms with van der Waals surface area (Å²) < 4.78 is 5.92. The van der Waals surface area contributed by atoms with E-state index in [9.17, 15) is 4.79 Å². The number of likely N-dealkylation sites (tertiary alicyclic amines) is 1. The zero-order chi connectivity index (χ0) is 24.5. The van der Waals surface area contributed by atoms with Crippen LogP contribution in [0.1, 0.15) is 56.5 Å². The minimum absolute atomic E-state index is 0.132. The minimum Gasteiger partial charge on any atom is -0.457 e. The second-order valence-electron chi connectivity index (χ2n) is 10.5. The van der Waals surface area contributed by atoms with Crippen molar-refractivity contribution in [2.75, 3.05) is 31.1 Å². The molecule has 1 N–H and O–H groups in total.